The fourth-order valence-electron chi connectivity index (χ4n) is 1.49. The van der Waals surface area contributed by atoms with E-state index in [0.717, 1.165) is 13.2 Å². The Kier molecular flexibility index (Phi) is 4.79. The molecule has 1 rings (SSSR count). The zero-order valence-corrected chi connectivity index (χ0v) is 10.3. The summed E-state index contributed by atoms with van der Waals surface area (Å²) < 4.78 is 9.20. The average molecular weight is 271 g/mol. The Bertz CT molecular complexity index is 488. The summed E-state index contributed by atoms with van der Waals surface area (Å²) in [5, 5.41) is 30.1. The van der Waals surface area contributed by atoms with Crippen molar-refractivity contribution in [2.45, 2.75) is 12.2 Å². The highest BCUT2D eigenvalue weighted by Gasteiger charge is 2.30. The summed E-state index contributed by atoms with van der Waals surface area (Å²) in [6, 6.07) is 3.47. The summed E-state index contributed by atoms with van der Waals surface area (Å²) >= 11 is 0. The van der Waals surface area contributed by atoms with Crippen molar-refractivity contribution < 1.29 is 29.4 Å². The minimum Gasteiger partial charge on any atom is -0.496 e. The van der Waals surface area contributed by atoms with E-state index in [1.54, 1.807) is 0 Å². The van der Waals surface area contributed by atoms with Crippen LogP contribution in [0, 0.1) is 10.1 Å². The number of nitro benzene ring substituents is 1. The number of hydrogen-bond donors (Lipinski definition) is 2. The molecule has 0 aliphatic rings. The maximum atomic E-state index is 11.1. The molecule has 0 aliphatic carbocycles. The Morgan fingerprint density at radius 3 is 2.47 bits per heavy atom. The van der Waals surface area contributed by atoms with Crippen molar-refractivity contribution in [1.29, 1.82) is 0 Å². The summed E-state index contributed by atoms with van der Waals surface area (Å²) in [6.07, 6.45) is -3.55. The first-order valence-electron chi connectivity index (χ1n) is 5.18. The highest BCUT2D eigenvalue weighted by atomic mass is 16.6. The molecule has 0 saturated heterocycles. The van der Waals surface area contributed by atoms with Gasteiger partial charge in [0.15, 0.2) is 6.10 Å². The van der Waals surface area contributed by atoms with Crippen molar-refractivity contribution in [3.8, 4) is 5.75 Å². The molecule has 19 heavy (non-hydrogen) atoms. The van der Waals surface area contributed by atoms with Gasteiger partial charge in [0.2, 0.25) is 0 Å². The molecule has 0 fully saturated rings. The van der Waals surface area contributed by atoms with Gasteiger partial charge in [-0.2, -0.15) is 0 Å². The molecule has 0 aromatic heterocycles. The van der Waals surface area contributed by atoms with Gasteiger partial charge in [-0.05, 0) is 6.07 Å². The van der Waals surface area contributed by atoms with Crippen molar-refractivity contribution in [3.05, 3.63) is 33.9 Å². The normalized spacial score (nSPS) is 13.5. The lowest BCUT2D eigenvalue weighted by molar-refractivity contribution is -0.385. The number of hydrogen-bond acceptors (Lipinski definition) is 7. The number of methoxy groups -OCH3 is 2. The monoisotopic (exact) mass is 271 g/mol. The molecule has 0 radical (unpaired) electrons. The van der Waals surface area contributed by atoms with Gasteiger partial charge in [-0.15, -0.1) is 0 Å². The maximum absolute atomic E-state index is 11.1. The number of non-ortho nitro benzene ring substituents is 1. The number of benzene rings is 1. The van der Waals surface area contributed by atoms with Crippen molar-refractivity contribution in [3.63, 3.8) is 0 Å². The van der Waals surface area contributed by atoms with E-state index >= 15 is 0 Å². The van der Waals surface area contributed by atoms with Crippen LogP contribution in [-0.4, -0.2) is 41.4 Å². The minimum atomic E-state index is -1.86. The van der Waals surface area contributed by atoms with Crippen LogP contribution >= 0.6 is 0 Å². The molecule has 1 aromatic carbocycles. The first kappa shape index (κ1) is 14.9. The van der Waals surface area contributed by atoms with Crippen LogP contribution in [0.1, 0.15) is 11.7 Å². The lowest BCUT2D eigenvalue weighted by atomic mass is 10.0. The van der Waals surface area contributed by atoms with Crippen molar-refractivity contribution >= 4 is 11.7 Å². The second-order valence-electron chi connectivity index (χ2n) is 3.60. The fraction of sp³-hybridized carbons (Fsp3) is 0.364. The molecule has 8 heteroatoms. The Hall–Kier alpha value is -2.19. The second kappa shape index (κ2) is 6.12. The Morgan fingerprint density at radius 1 is 1.37 bits per heavy atom. The van der Waals surface area contributed by atoms with E-state index < -0.39 is 23.1 Å². The molecule has 2 N–H and O–H groups in total. The predicted octanol–water partition coefficient (Wildman–Crippen LogP) is 0.171. The van der Waals surface area contributed by atoms with E-state index in [-0.39, 0.29) is 17.0 Å². The van der Waals surface area contributed by atoms with E-state index in [2.05, 4.69) is 4.74 Å². The Morgan fingerprint density at radius 2 is 2.00 bits per heavy atom. The third-order valence-corrected chi connectivity index (χ3v) is 2.48. The van der Waals surface area contributed by atoms with E-state index in [1.807, 2.05) is 0 Å². The summed E-state index contributed by atoms with van der Waals surface area (Å²) in [4.78, 5) is 21.1. The van der Waals surface area contributed by atoms with E-state index in [0.29, 0.717) is 0 Å². The molecule has 8 nitrogen and oxygen atoms in total. The number of rotatable bonds is 5. The fourth-order valence-corrected chi connectivity index (χ4v) is 1.49. The largest absolute Gasteiger partial charge is 0.496 e. The first-order valence-corrected chi connectivity index (χ1v) is 5.18. The van der Waals surface area contributed by atoms with Crippen LogP contribution < -0.4 is 4.74 Å². The second-order valence-corrected chi connectivity index (χ2v) is 3.60. The van der Waals surface area contributed by atoms with Gasteiger partial charge < -0.3 is 19.7 Å². The molecular formula is C11H13NO7. The molecule has 2 unspecified atom stereocenters. The number of nitro groups is 1. The average Bonchev–Trinajstić information content (AvgIpc) is 2.43. The van der Waals surface area contributed by atoms with E-state index in [1.165, 1.54) is 19.2 Å². The quantitative estimate of drug-likeness (QED) is 0.445. The Balaban J connectivity index is 3.19. The number of aliphatic hydroxyl groups is 2. The van der Waals surface area contributed by atoms with Gasteiger partial charge in [-0.1, -0.05) is 0 Å². The highest BCUT2D eigenvalue weighted by molar-refractivity contribution is 5.75. The molecule has 1 aromatic rings. The topological polar surface area (TPSA) is 119 Å². The smallest absolute Gasteiger partial charge is 0.337 e. The third-order valence-electron chi connectivity index (χ3n) is 2.48. The molecule has 0 saturated carbocycles. The number of carbonyl (C=O) groups excluding carboxylic acids is 1. The number of nitrogens with zero attached hydrogens (tertiary/aromatic N) is 1. The van der Waals surface area contributed by atoms with Gasteiger partial charge in [-0.3, -0.25) is 10.1 Å². The summed E-state index contributed by atoms with van der Waals surface area (Å²) in [7, 11) is 2.34. The first-order chi connectivity index (χ1) is 8.92. The number of aliphatic hydroxyl groups excluding tert-OH is 2. The van der Waals surface area contributed by atoms with Gasteiger partial charge in [0.1, 0.15) is 11.9 Å². The maximum Gasteiger partial charge on any atom is 0.337 e. The molecule has 0 amide bonds. The van der Waals surface area contributed by atoms with Gasteiger partial charge in [-0.25, -0.2) is 4.79 Å². The zero-order valence-electron chi connectivity index (χ0n) is 10.3. The predicted molar refractivity (Wildman–Crippen MR) is 62.6 cm³/mol. The zero-order chi connectivity index (χ0) is 14.6. The third kappa shape index (κ3) is 3.18. The van der Waals surface area contributed by atoms with Crippen LogP contribution in [0.5, 0.6) is 5.75 Å². The number of carbonyl (C=O) groups is 1. The number of ether oxygens (including phenoxy) is 2. The molecule has 0 spiro atoms. The molecule has 104 valence electrons. The van der Waals surface area contributed by atoms with Crippen LogP contribution in [0.3, 0.4) is 0 Å². The van der Waals surface area contributed by atoms with Crippen LogP contribution in [0.4, 0.5) is 5.69 Å². The number of esters is 1. The van der Waals surface area contributed by atoms with Crippen molar-refractivity contribution in [1.82, 2.24) is 0 Å². The molecule has 0 heterocycles. The van der Waals surface area contributed by atoms with Crippen molar-refractivity contribution in [2.75, 3.05) is 14.2 Å². The molecular weight excluding hydrogens is 258 g/mol. The molecule has 0 aliphatic heterocycles. The van der Waals surface area contributed by atoms with Gasteiger partial charge in [0.05, 0.1) is 19.1 Å². The van der Waals surface area contributed by atoms with Crippen molar-refractivity contribution in [2.24, 2.45) is 0 Å². The highest BCUT2D eigenvalue weighted by Crippen LogP contribution is 2.31. The summed E-state index contributed by atoms with van der Waals surface area (Å²) in [5.74, 6) is -0.942. The standard InChI is InChI=1S/C11H13NO7/c1-18-8-4-3-6(12(16)17)5-7(8)9(13)10(14)11(15)19-2/h3-5,9-10,13-14H,1-2H3. The van der Waals surface area contributed by atoms with Gasteiger partial charge in [0, 0.05) is 17.7 Å². The van der Waals surface area contributed by atoms with Crippen LogP contribution in [0.15, 0.2) is 18.2 Å². The van der Waals surface area contributed by atoms with E-state index in [4.69, 9.17) is 4.74 Å². The van der Waals surface area contributed by atoms with Gasteiger partial charge in [0.25, 0.3) is 5.69 Å². The Labute approximate surface area is 108 Å². The minimum absolute atomic E-state index is 0.0744. The van der Waals surface area contributed by atoms with Crippen LogP contribution in [0.25, 0.3) is 0 Å². The molecule has 0 bridgehead atoms. The summed E-state index contributed by atoms with van der Waals surface area (Å²) in [6.45, 7) is 0. The van der Waals surface area contributed by atoms with Crippen LogP contribution in [0.2, 0.25) is 0 Å². The molecule has 2 atom stereocenters. The lowest BCUT2D eigenvalue weighted by Gasteiger charge is -2.18. The van der Waals surface area contributed by atoms with Crippen LogP contribution in [-0.2, 0) is 9.53 Å². The van der Waals surface area contributed by atoms with Gasteiger partial charge >= 0.3 is 5.97 Å². The SMILES string of the molecule is COC(=O)C(O)C(O)c1cc([N+](=O)[O-])ccc1OC. The lowest BCUT2D eigenvalue weighted by Crippen LogP contribution is -2.29. The summed E-state index contributed by atoms with van der Waals surface area (Å²) in [5.41, 5.74) is -0.374. The van der Waals surface area contributed by atoms with E-state index in [9.17, 15) is 25.1 Å².